The summed E-state index contributed by atoms with van der Waals surface area (Å²) in [5, 5.41) is 27.7. The number of nitro groups is 2. The predicted octanol–water partition coefficient (Wildman–Crippen LogP) is 4.03. The van der Waals surface area contributed by atoms with Crippen molar-refractivity contribution in [3.63, 3.8) is 0 Å². The van der Waals surface area contributed by atoms with E-state index in [-0.39, 0.29) is 65.2 Å². The van der Waals surface area contributed by atoms with Crippen molar-refractivity contribution in [2.45, 2.75) is 74.5 Å². The average Bonchev–Trinajstić information content (AvgIpc) is 1.81. The number of Topliss-reactive ketones (excluding diaryl/α,β-unsaturated/α-hetero) is 2. The fourth-order valence-electron chi connectivity index (χ4n) is 6.76. The van der Waals surface area contributed by atoms with Crippen molar-refractivity contribution in [1.82, 2.24) is 19.2 Å². The number of carbonyl (C=O) groups excluding carboxylic acids is 2. The number of non-ortho nitro benzene ring substituents is 2. The minimum absolute atomic E-state index is 0. The molecule has 6 rings (SSSR count). The van der Waals surface area contributed by atoms with Gasteiger partial charge in [-0.1, -0.05) is 19.3 Å². The van der Waals surface area contributed by atoms with Gasteiger partial charge in [0.2, 0.25) is 20.0 Å². The van der Waals surface area contributed by atoms with Gasteiger partial charge in [0.25, 0.3) is 11.4 Å². The summed E-state index contributed by atoms with van der Waals surface area (Å²) in [5.41, 5.74) is -0.268. The smallest absolute Gasteiger partial charge is 0.269 e. The highest BCUT2D eigenvalue weighted by Gasteiger charge is 2.41. The molecule has 0 saturated carbocycles. The van der Waals surface area contributed by atoms with Gasteiger partial charge in [-0.15, -0.1) is 11.8 Å². The number of benzene rings is 2. The first-order valence-corrected chi connectivity index (χ1v) is 30.5. The van der Waals surface area contributed by atoms with Crippen molar-refractivity contribution >= 4 is 54.7 Å². The van der Waals surface area contributed by atoms with Crippen LogP contribution in [-0.2, 0) is 29.6 Å². The van der Waals surface area contributed by atoms with Crippen LogP contribution in [0.3, 0.4) is 0 Å². The maximum absolute atomic E-state index is 12.6. The third-order valence-electron chi connectivity index (χ3n) is 11.0. The second-order valence-electron chi connectivity index (χ2n) is 16.9. The number of hydrogen-bond acceptors (Lipinski definition) is 13. The highest BCUT2D eigenvalue weighted by Crippen LogP contribution is 2.38. The third kappa shape index (κ3) is 33.4. The molecule has 4 aliphatic heterocycles. The first-order valence-electron chi connectivity index (χ1n) is 26.6. The van der Waals surface area contributed by atoms with Gasteiger partial charge in [0.05, 0.1) is 24.5 Å². The summed E-state index contributed by atoms with van der Waals surface area (Å²) < 4.78 is 52.3. The molecule has 0 radical (unpaired) electrons. The number of sulfonamides is 2. The molecule has 2 aromatic rings. The molecule has 4 heterocycles. The van der Waals surface area contributed by atoms with E-state index in [1.807, 2.05) is 11.8 Å². The van der Waals surface area contributed by atoms with E-state index in [1.54, 1.807) is 13.8 Å². The van der Waals surface area contributed by atoms with Crippen molar-refractivity contribution in [2.24, 2.45) is 0 Å². The average molecular weight is 1280 g/mol. The topological polar surface area (TPSA) is 219 Å². The van der Waals surface area contributed by atoms with Crippen LogP contribution < -0.4 is 10.6 Å². The first kappa shape index (κ1) is 76.5. The van der Waals surface area contributed by atoms with Gasteiger partial charge >= 0.3 is 0 Å². The lowest BCUT2D eigenvalue weighted by atomic mass is 10.1. The summed E-state index contributed by atoms with van der Waals surface area (Å²) in [5.74, 6) is 107. The van der Waals surface area contributed by atoms with Crippen LogP contribution in [0.25, 0.3) is 0 Å². The monoisotopic (exact) mass is 1280 g/mol. The second-order valence-corrected chi connectivity index (χ2v) is 22.3. The van der Waals surface area contributed by atoms with E-state index in [0.29, 0.717) is 18.9 Å². The van der Waals surface area contributed by atoms with Crippen molar-refractivity contribution in [3.8, 4) is 249 Å². The van der Waals surface area contributed by atoms with Crippen LogP contribution in [0.2, 0.25) is 0 Å². The van der Waals surface area contributed by atoms with Gasteiger partial charge in [-0.2, -0.15) is 8.61 Å². The number of nitro benzene ring substituents is 2. The van der Waals surface area contributed by atoms with Crippen LogP contribution in [0.4, 0.5) is 11.4 Å². The van der Waals surface area contributed by atoms with E-state index in [1.165, 1.54) is 45.0 Å². The Morgan fingerprint density at radius 1 is 0.398 bits per heavy atom. The molecular weight excluding hydrogens is 1230 g/mol. The lowest BCUT2D eigenvalue weighted by Gasteiger charge is -2.38. The Kier molecular flexibility index (Phi) is 38.3. The van der Waals surface area contributed by atoms with Crippen molar-refractivity contribution in [2.75, 3.05) is 51.6 Å². The van der Waals surface area contributed by atoms with E-state index < -0.39 is 29.9 Å². The number of nitrogens with one attached hydrogen (secondary N) is 2. The first-order chi connectivity index (χ1) is 44.6. The Morgan fingerprint density at radius 3 is 0.860 bits per heavy atom. The Bertz CT molecular complexity index is 4680. The summed E-state index contributed by atoms with van der Waals surface area (Å²) in [7, 11) is -7.25. The molecule has 4 aliphatic rings. The molecule has 0 aliphatic carbocycles. The molecule has 19 heteroatoms. The quantitative estimate of drug-likeness (QED) is 0.238. The van der Waals surface area contributed by atoms with Crippen LogP contribution >= 0.6 is 11.8 Å². The van der Waals surface area contributed by atoms with E-state index in [9.17, 15) is 46.7 Å². The molecule has 4 fully saturated rings. The summed E-state index contributed by atoms with van der Waals surface area (Å²) in [6.45, 7) is 7.40. The number of ketones is 2. The van der Waals surface area contributed by atoms with Gasteiger partial charge in [0.1, 0.15) is 11.6 Å². The summed E-state index contributed by atoms with van der Waals surface area (Å²) in [6, 6.07) is 9.80. The van der Waals surface area contributed by atoms with Gasteiger partial charge in [-0.05, 0) is 146 Å². The number of carbonyl (C=O) groups is 2. The largest absolute Gasteiger partial charge is 0.316 e. The molecule has 1 spiro atoms. The molecular formula is C74H48N6O10S3. The molecule has 0 aromatic heterocycles. The van der Waals surface area contributed by atoms with E-state index in [0.717, 1.165) is 63.2 Å². The number of hydrogen-bond donors (Lipinski definition) is 2. The zero-order valence-electron chi connectivity index (χ0n) is 49.1. The Hall–Kier alpha value is -12.6. The fourth-order valence-corrected chi connectivity index (χ4v) is 10.9. The highest BCUT2D eigenvalue weighted by molar-refractivity contribution is 8.00. The second kappa shape index (κ2) is 46.6. The lowest BCUT2D eigenvalue weighted by Crippen LogP contribution is -2.49. The zero-order valence-corrected chi connectivity index (χ0v) is 51.6. The maximum atomic E-state index is 12.6. The van der Waals surface area contributed by atoms with Crippen LogP contribution in [-0.4, -0.2) is 103 Å². The number of thioether (sulfide) groups is 1. The summed E-state index contributed by atoms with van der Waals surface area (Å²) >= 11 is 1.87. The van der Waals surface area contributed by atoms with Gasteiger partial charge in [-0.25, -0.2) is 16.8 Å². The van der Waals surface area contributed by atoms with Gasteiger partial charge in [0.15, 0.2) is 0 Å². The number of piperidine rings is 3. The van der Waals surface area contributed by atoms with E-state index in [2.05, 4.69) is 259 Å². The maximum Gasteiger partial charge on any atom is 0.269 e. The number of rotatable bonds is 6. The van der Waals surface area contributed by atoms with Crippen LogP contribution in [0.15, 0.2) is 58.3 Å². The molecule has 0 atom stereocenters. The van der Waals surface area contributed by atoms with Gasteiger partial charge in [-0.3, -0.25) is 29.8 Å². The Labute approximate surface area is 550 Å². The molecule has 93 heavy (non-hydrogen) atoms. The van der Waals surface area contributed by atoms with Crippen LogP contribution in [0.1, 0.15) is 59.8 Å². The van der Waals surface area contributed by atoms with Crippen molar-refractivity contribution in [1.29, 1.82) is 0 Å². The number of nitrogens with zero attached hydrogens (tertiary/aromatic N) is 4. The molecule has 2 aromatic carbocycles. The zero-order chi connectivity index (χ0) is 66.6. The molecule has 4 saturated heterocycles. The third-order valence-corrected chi connectivity index (χ3v) is 16.3. The molecule has 0 unspecified atom stereocenters. The minimum Gasteiger partial charge on any atom is -0.316 e. The van der Waals surface area contributed by atoms with Crippen molar-refractivity contribution in [3.05, 3.63) is 68.8 Å². The molecule has 452 valence electrons. The Balaban J connectivity index is 0.000000491. The van der Waals surface area contributed by atoms with E-state index >= 15 is 0 Å². The standard InChI is InChI=1S/C44H6.C13H17N3O4S2.C11H12N2O5S.C5H9NO.CH4/c1-3-5-7-9-11-13-15-17-19-21-23-25-27-29-31-33-35-37-39-41-43-44-42-40-38-36-34-32-30-28-26-24-22-20-18-16-14-12-10-8-6-4-2;17-16(18)11-1-3-12(4-2-11)22(19,20)15-8-5-13(6-9-15)14-7-10-21-13;14-10-5-7-12(8-6-10)19(17,18)11-3-1-9(2-4-11)13(15)16;7-5-1-3-6-4-2-5;/h1-2H3;1-4,14H,5-10H2;1-4H,5-8H2;6H,1-4H2;1H4. The fraction of sp³-hybridized carbons (Fsp3) is 0.243. The predicted molar refractivity (Wildman–Crippen MR) is 359 cm³/mol. The lowest BCUT2D eigenvalue weighted by molar-refractivity contribution is -0.385. The molecule has 0 amide bonds. The Morgan fingerprint density at radius 2 is 0.645 bits per heavy atom. The SMILES string of the molecule is C.CC#CC#CC#CC#CC#CC#CC#CC#CC#CC#CC#CC#CC#CC#CC#CC#CC#CC#CC#CC#CC#CC.O=C1CCN(S(=O)(=O)c2ccc([N+](=O)[O-])cc2)CC1.O=C1CCNCC1.O=[N+]([O-])c1ccc(S(=O)(=O)N2CCC3(CC2)NCCS3)cc1. The van der Waals surface area contributed by atoms with Gasteiger partial charge in [0, 0.05) is 244 Å². The summed E-state index contributed by atoms with van der Waals surface area (Å²) in [4.78, 5) is 41.7. The van der Waals surface area contributed by atoms with Crippen molar-refractivity contribution < 1.29 is 36.3 Å². The van der Waals surface area contributed by atoms with Gasteiger partial charge < -0.3 is 10.6 Å². The normalized spacial score (nSPS) is 12.3. The molecule has 0 bridgehead atoms. The molecule has 2 N–H and O–H groups in total. The summed E-state index contributed by atoms with van der Waals surface area (Å²) in [6.07, 6.45) is 3.46. The van der Waals surface area contributed by atoms with E-state index in [4.69, 9.17) is 0 Å². The molecule has 16 nitrogen and oxygen atoms in total. The highest BCUT2D eigenvalue weighted by atomic mass is 32.2. The van der Waals surface area contributed by atoms with Crippen LogP contribution in [0, 0.1) is 269 Å². The van der Waals surface area contributed by atoms with Crippen LogP contribution in [0.5, 0.6) is 0 Å². The minimum atomic E-state index is -3.67.